The zero-order chi connectivity index (χ0) is 17.5. The molecule has 0 aliphatic rings. The molecule has 0 unspecified atom stereocenters. The number of nitrogens with zero attached hydrogens (tertiary/aromatic N) is 3. The maximum absolute atomic E-state index is 5.63. The smallest absolute Gasteiger partial charge is 0.229 e. The molecule has 0 aliphatic carbocycles. The number of anilines is 3. The highest BCUT2D eigenvalue weighted by molar-refractivity contribution is 5.63. The van der Waals surface area contributed by atoms with Gasteiger partial charge in [-0.05, 0) is 38.1 Å². The van der Waals surface area contributed by atoms with Crippen molar-refractivity contribution in [2.24, 2.45) is 0 Å². The maximum Gasteiger partial charge on any atom is 0.229 e. The summed E-state index contributed by atoms with van der Waals surface area (Å²) in [6.07, 6.45) is 1.78. The summed E-state index contributed by atoms with van der Waals surface area (Å²) < 4.78 is 5.63. The predicted octanol–water partition coefficient (Wildman–Crippen LogP) is 3.93. The first kappa shape index (κ1) is 16.7. The summed E-state index contributed by atoms with van der Waals surface area (Å²) in [7, 11) is 0. The number of ether oxygens (including phenoxy) is 1. The molecular formula is C19H21N5O. The quantitative estimate of drug-likeness (QED) is 0.681. The standard InChI is InChI=1S/C19H21N5O/c1-3-25-17-10-5-4-9-16(17)23-19-22-14(2)12-18(24-19)21-13-15-8-6-7-11-20-15/h4-12H,3,13H2,1-2H3,(H2,21,22,23,24). The summed E-state index contributed by atoms with van der Waals surface area (Å²) in [5.41, 5.74) is 2.66. The molecule has 0 saturated heterocycles. The topological polar surface area (TPSA) is 72.0 Å². The summed E-state index contributed by atoms with van der Waals surface area (Å²) in [5, 5.41) is 6.52. The minimum absolute atomic E-state index is 0.524. The maximum atomic E-state index is 5.63. The first-order valence-electron chi connectivity index (χ1n) is 8.23. The summed E-state index contributed by atoms with van der Waals surface area (Å²) in [4.78, 5) is 13.3. The molecule has 128 valence electrons. The molecule has 0 amide bonds. The fourth-order valence-electron chi connectivity index (χ4n) is 2.37. The lowest BCUT2D eigenvalue weighted by Gasteiger charge is -2.13. The molecular weight excluding hydrogens is 314 g/mol. The highest BCUT2D eigenvalue weighted by Crippen LogP contribution is 2.26. The third-order valence-corrected chi connectivity index (χ3v) is 3.46. The Morgan fingerprint density at radius 1 is 1.04 bits per heavy atom. The second-order valence-electron chi connectivity index (χ2n) is 5.45. The fourth-order valence-corrected chi connectivity index (χ4v) is 2.37. The molecule has 0 saturated carbocycles. The summed E-state index contributed by atoms with van der Waals surface area (Å²) >= 11 is 0. The van der Waals surface area contributed by atoms with Gasteiger partial charge in [0.2, 0.25) is 5.95 Å². The Morgan fingerprint density at radius 2 is 1.88 bits per heavy atom. The van der Waals surface area contributed by atoms with E-state index in [-0.39, 0.29) is 0 Å². The van der Waals surface area contributed by atoms with Crippen molar-refractivity contribution in [3.8, 4) is 5.75 Å². The second-order valence-corrected chi connectivity index (χ2v) is 5.45. The molecule has 3 rings (SSSR count). The molecule has 2 heterocycles. The lowest BCUT2D eigenvalue weighted by molar-refractivity contribution is 0.342. The van der Waals surface area contributed by atoms with Crippen molar-refractivity contribution in [2.75, 3.05) is 17.2 Å². The average molecular weight is 335 g/mol. The highest BCUT2D eigenvalue weighted by Gasteiger charge is 2.07. The summed E-state index contributed by atoms with van der Waals surface area (Å²) in [6.45, 7) is 5.10. The number of benzene rings is 1. The van der Waals surface area contributed by atoms with Crippen LogP contribution in [-0.4, -0.2) is 21.6 Å². The van der Waals surface area contributed by atoms with Crippen LogP contribution in [0, 0.1) is 6.92 Å². The van der Waals surface area contributed by atoms with E-state index in [9.17, 15) is 0 Å². The molecule has 0 fully saturated rings. The van der Waals surface area contributed by atoms with Crippen LogP contribution in [0.25, 0.3) is 0 Å². The van der Waals surface area contributed by atoms with Crippen LogP contribution < -0.4 is 15.4 Å². The molecule has 3 aromatic rings. The molecule has 1 aromatic carbocycles. The number of hydrogen-bond acceptors (Lipinski definition) is 6. The first-order chi connectivity index (χ1) is 12.2. The van der Waals surface area contributed by atoms with E-state index in [1.807, 2.05) is 62.4 Å². The average Bonchev–Trinajstić information content (AvgIpc) is 2.62. The monoisotopic (exact) mass is 335 g/mol. The Morgan fingerprint density at radius 3 is 2.68 bits per heavy atom. The van der Waals surface area contributed by atoms with E-state index in [4.69, 9.17) is 4.74 Å². The molecule has 0 bridgehead atoms. The van der Waals surface area contributed by atoms with E-state index in [1.54, 1.807) is 6.20 Å². The van der Waals surface area contributed by atoms with Gasteiger partial charge in [0.25, 0.3) is 0 Å². The molecule has 2 N–H and O–H groups in total. The van der Waals surface area contributed by atoms with Crippen LogP contribution in [0.2, 0.25) is 0 Å². The molecule has 6 nitrogen and oxygen atoms in total. The van der Waals surface area contributed by atoms with Crippen molar-refractivity contribution < 1.29 is 4.74 Å². The van der Waals surface area contributed by atoms with E-state index in [0.717, 1.165) is 28.6 Å². The number of aromatic nitrogens is 3. The highest BCUT2D eigenvalue weighted by atomic mass is 16.5. The third kappa shape index (κ3) is 4.67. The normalized spacial score (nSPS) is 10.3. The van der Waals surface area contributed by atoms with Gasteiger partial charge in [-0.3, -0.25) is 4.98 Å². The van der Waals surface area contributed by atoms with E-state index < -0.39 is 0 Å². The lowest BCUT2D eigenvalue weighted by Crippen LogP contribution is -2.07. The predicted molar refractivity (Wildman–Crippen MR) is 99.2 cm³/mol. The molecule has 0 radical (unpaired) electrons. The molecule has 6 heteroatoms. The van der Waals surface area contributed by atoms with Crippen molar-refractivity contribution in [1.29, 1.82) is 0 Å². The number of nitrogens with one attached hydrogen (secondary N) is 2. The Labute approximate surface area is 147 Å². The van der Waals surface area contributed by atoms with Crippen LogP contribution in [0.3, 0.4) is 0 Å². The number of rotatable bonds is 7. The van der Waals surface area contributed by atoms with Crippen LogP contribution in [0.1, 0.15) is 18.3 Å². The lowest BCUT2D eigenvalue weighted by atomic mass is 10.3. The number of para-hydroxylation sites is 2. The molecule has 0 aliphatic heterocycles. The zero-order valence-electron chi connectivity index (χ0n) is 14.4. The van der Waals surface area contributed by atoms with Crippen molar-refractivity contribution in [1.82, 2.24) is 15.0 Å². The minimum Gasteiger partial charge on any atom is -0.492 e. The minimum atomic E-state index is 0.524. The SMILES string of the molecule is CCOc1ccccc1Nc1nc(C)cc(NCc2ccccn2)n1. The van der Waals surface area contributed by atoms with Crippen LogP contribution in [0.15, 0.2) is 54.7 Å². The van der Waals surface area contributed by atoms with E-state index in [2.05, 4.69) is 25.6 Å². The summed E-state index contributed by atoms with van der Waals surface area (Å²) in [5.74, 6) is 2.04. The van der Waals surface area contributed by atoms with E-state index in [0.29, 0.717) is 19.1 Å². The largest absolute Gasteiger partial charge is 0.492 e. The Bertz CT molecular complexity index is 823. The van der Waals surface area contributed by atoms with Crippen molar-refractivity contribution in [3.63, 3.8) is 0 Å². The first-order valence-corrected chi connectivity index (χ1v) is 8.23. The van der Waals surface area contributed by atoms with Crippen LogP contribution >= 0.6 is 0 Å². The Kier molecular flexibility index (Phi) is 5.41. The second kappa shape index (κ2) is 8.10. The number of pyridine rings is 1. The third-order valence-electron chi connectivity index (χ3n) is 3.46. The van der Waals surface area contributed by atoms with Gasteiger partial charge in [-0.15, -0.1) is 0 Å². The molecule has 0 spiro atoms. The fraction of sp³-hybridized carbons (Fsp3) is 0.211. The number of hydrogen-bond donors (Lipinski definition) is 2. The van der Waals surface area contributed by atoms with Crippen LogP contribution in [0.4, 0.5) is 17.5 Å². The molecule has 25 heavy (non-hydrogen) atoms. The van der Waals surface area contributed by atoms with Gasteiger partial charge in [0.15, 0.2) is 0 Å². The van der Waals surface area contributed by atoms with Crippen molar-refractivity contribution >= 4 is 17.5 Å². The van der Waals surface area contributed by atoms with Crippen molar-refractivity contribution in [2.45, 2.75) is 20.4 Å². The zero-order valence-corrected chi connectivity index (χ0v) is 14.4. The van der Waals surface area contributed by atoms with Crippen LogP contribution in [-0.2, 0) is 6.54 Å². The van der Waals surface area contributed by atoms with Gasteiger partial charge in [0.1, 0.15) is 11.6 Å². The van der Waals surface area contributed by atoms with Crippen LogP contribution in [0.5, 0.6) is 5.75 Å². The Balaban J connectivity index is 1.75. The van der Waals surface area contributed by atoms with Gasteiger partial charge in [-0.2, -0.15) is 4.98 Å². The van der Waals surface area contributed by atoms with Gasteiger partial charge >= 0.3 is 0 Å². The number of aryl methyl sites for hydroxylation is 1. The van der Waals surface area contributed by atoms with Gasteiger partial charge in [-0.25, -0.2) is 4.98 Å². The van der Waals surface area contributed by atoms with Gasteiger partial charge in [0.05, 0.1) is 24.5 Å². The van der Waals surface area contributed by atoms with Crippen molar-refractivity contribution in [3.05, 3.63) is 66.1 Å². The van der Waals surface area contributed by atoms with Gasteiger partial charge in [0, 0.05) is 18.0 Å². The summed E-state index contributed by atoms with van der Waals surface area (Å²) in [6, 6.07) is 15.5. The molecule has 2 aromatic heterocycles. The Hall–Kier alpha value is -3.15. The van der Waals surface area contributed by atoms with E-state index in [1.165, 1.54) is 0 Å². The molecule has 0 atom stereocenters. The van der Waals surface area contributed by atoms with Gasteiger partial charge < -0.3 is 15.4 Å². The van der Waals surface area contributed by atoms with E-state index >= 15 is 0 Å². The van der Waals surface area contributed by atoms with Gasteiger partial charge in [-0.1, -0.05) is 18.2 Å².